The zero-order valence-corrected chi connectivity index (χ0v) is 14.4. The quantitative estimate of drug-likeness (QED) is 0.656. The topological polar surface area (TPSA) is 70.7 Å². The summed E-state index contributed by atoms with van der Waals surface area (Å²) in [5.41, 5.74) is 9.77. The van der Waals surface area contributed by atoms with E-state index >= 15 is 0 Å². The van der Waals surface area contributed by atoms with E-state index in [1.54, 1.807) is 19.0 Å². The first-order valence-corrected chi connectivity index (χ1v) is 7.90. The standard InChI is InChI=1S/C19H24N4O/c1-14-7-9-17(10-8-14)22-19(20)21-12-11-15-5-4-6-16(13-15)18(24)23(2)3/h4-10,13H,11-12H2,1-3H3,(H3,20,21,22). The highest BCUT2D eigenvalue weighted by atomic mass is 16.2. The lowest BCUT2D eigenvalue weighted by molar-refractivity contribution is 0.0827. The van der Waals surface area contributed by atoms with Gasteiger partial charge in [0, 0.05) is 31.9 Å². The molecule has 0 aliphatic heterocycles. The molecular formula is C19H24N4O. The maximum absolute atomic E-state index is 12.0. The number of rotatable bonds is 5. The number of aryl methyl sites for hydroxylation is 1. The average Bonchev–Trinajstić information content (AvgIpc) is 2.56. The molecule has 3 N–H and O–H groups in total. The first-order chi connectivity index (χ1) is 11.5. The number of nitrogens with two attached hydrogens (primary N) is 1. The van der Waals surface area contributed by atoms with Crippen molar-refractivity contribution in [2.45, 2.75) is 13.3 Å². The third-order valence-corrected chi connectivity index (χ3v) is 3.59. The first kappa shape index (κ1) is 17.5. The molecule has 2 aromatic carbocycles. The van der Waals surface area contributed by atoms with Crippen molar-refractivity contribution in [1.82, 2.24) is 4.90 Å². The Labute approximate surface area is 143 Å². The number of hydrogen-bond donors (Lipinski definition) is 2. The fraction of sp³-hybridized carbons (Fsp3) is 0.263. The second-order valence-electron chi connectivity index (χ2n) is 5.91. The van der Waals surface area contributed by atoms with Crippen molar-refractivity contribution in [3.63, 3.8) is 0 Å². The van der Waals surface area contributed by atoms with Crippen molar-refractivity contribution >= 4 is 17.6 Å². The van der Waals surface area contributed by atoms with Crippen LogP contribution in [-0.4, -0.2) is 37.4 Å². The summed E-state index contributed by atoms with van der Waals surface area (Å²) < 4.78 is 0. The molecule has 2 aromatic rings. The Hall–Kier alpha value is -2.82. The highest BCUT2D eigenvalue weighted by Gasteiger charge is 2.07. The number of carbonyl (C=O) groups excluding carboxylic acids is 1. The Kier molecular flexibility index (Phi) is 5.95. The summed E-state index contributed by atoms with van der Waals surface area (Å²) in [6, 6.07) is 15.6. The second-order valence-corrected chi connectivity index (χ2v) is 5.91. The zero-order chi connectivity index (χ0) is 17.5. The van der Waals surface area contributed by atoms with Crippen molar-refractivity contribution in [3.05, 3.63) is 65.2 Å². The maximum Gasteiger partial charge on any atom is 0.253 e. The predicted molar refractivity (Wildman–Crippen MR) is 99.5 cm³/mol. The number of carbonyl (C=O) groups is 1. The monoisotopic (exact) mass is 324 g/mol. The average molecular weight is 324 g/mol. The van der Waals surface area contributed by atoms with Crippen LogP contribution in [0.15, 0.2) is 53.5 Å². The number of aliphatic imine (C=N–C) groups is 1. The molecule has 0 aliphatic rings. The highest BCUT2D eigenvalue weighted by molar-refractivity contribution is 5.94. The number of anilines is 1. The second kappa shape index (κ2) is 8.15. The molecule has 5 nitrogen and oxygen atoms in total. The van der Waals surface area contributed by atoms with Gasteiger partial charge in [-0.25, -0.2) is 0 Å². The van der Waals surface area contributed by atoms with Crippen LogP contribution in [0, 0.1) is 6.92 Å². The predicted octanol–water partition coefficient (Wildman–Crippen LogP) is 2.67. The third kappa shape index (κ3) is 5.12. The van der Waals surface area contributed by atoms with E-state index in [2.05, 4.69) is 10.3 Å². The van der Waals surface area contributed by atoms with Crippen LogP contribution in [0.1, 0.15) is 21.5 Å². The van der Waals surface area contributed by atoms with Crippen LogP contribution in [0.4, 0.5) is 5.69 Å². The number of nitrogens with zero attached hydrogens (tertiary/aromatic N) is 2. The molecule has 0 bridgehead atoms. The van der Waals surface area contributed by atoms with Gasteiger partial charge in [0.2, 0.25) is 0 Å². The van der Waals surface area contributed by atoms with Crippen molar-refractivity contribution in [3.8, 4) is 0 Å². The van der Waals surface area contributed by atoms with Gasteiger partial charge in [-0.1, -0.05) is 29.8 Å². The zero-order valence-electron chi connectivity index (χ0n) is 14.4. The smallest absolute Gasteiger partial charge is 0.253 e. The molecule has 0 saturated heterocycles. The normalized spacial score (nSPS) is 11.2. The fourth-order valence-electron chi connectivity index (χ4n) is 2.25. The molecule has 0 heterocycles. The molecule has 0 atom stereocenters. The van der Waals surface area contributed by atoms with E-state index in [1.807, 2.05) is 55.5 Å². The number of benzene rings is 2. The minimum Gasteiger partial charge on any atom is -0.370 e. The van der Waals surface area contributed by atoms with E-state index < -0.39 is 0 Å². The third-order valence-electron chi connectivity index (χ3n) is 3.59. The van der Waals surface area contributed by atoms with Crippen LogP contribution >= 0.6 is 0 Å². The molecule has 0 fully saturated rings. The summed E-state index contributed by atoms with van der Waals surface area (Å²) in [4.78, 5) is 17.9. The number of hydrogen-bond acceptors (Lipinski definition) is 2. The molecule has 1 amide bonds. The summed E-state index contributed by atoms with van der Waals surface area (Å²) >= 11 is 0. The van der Waals surface area contributed by atoms with Crippen molar-refractivity contribution in [1.29, 1.82) is 0 Å². The van der Waals surface area contributed by atoms with Gasteiger partial charge in [0.25, 0.3) is 5.91 Å². The number of nitrogens with one attached hydrogen (secondary N) is 1. The number of guanidine groups is 1. The Morgan fingerprint density at radius 2 is 1.88 bits per heavy atom. The Balaban J connectivity index is 1.92. The summed E-state index contributed by atoms with van der Waals surface area (Å²) in [7, 11) is 3.49. The molecule has 126 valence electrons. The van der Waals surface area contributed by atoms with Crippen LogP contribution in [0.25, 0.3) is 0 Å². The van der Waals surface area contributed by atoms with E-state index in [9.17, 15) is 4.79 Å². The molecule has 0 aromatic heterocycles. The van der Waals surface area contributed by atoms with E-state index in [0.717, 1.165) is 17.7 Å². The minimum absolute atomic E-state index is 0.000836. The lowest BCUT2D eigenvalue weighted by atomic mass is 10.1. The minimum atomic E-state index is 0.000836. The molecule has 2 rings (SSSR count). The van der Waals surface area contributed by atoms with Gasteiger partial charge in [0.15, 0.2) is 5.96 Å². The van der Waals surface area contributed by atoms with Crippen LogP contribution in [-0.2, 0) is 6.42 Å². The SMILES string of the molecule is Cc1ccc(NC(N)=NCCc2cccc(C(=O)N(C)C)c2)cc1. The van der Waals surface area contributed by atoms with Gasteiger partial charge in [-0.15, -0.1) is 0 Å². The molecule has 0 aliphatic carbocycles. The Bertz CT molecular complexity index is 720. The van der Waals surface area contributed by atoms with Gasteiger partial charge in [-0.2, -0.15) is 0 Å². The Morgan fingerprint density at radius 3 is 2.54 bits per heavy atom. The summed E-state index contributed by atoms with van der Waals surface area (Å²) in [6.07, 6.45) is 0.727. The lowest BCUT2D eigenvalue weighted by Crippen LogP contribution is -2.23. The fourth-order valence-corrected chi connectivity index (χ4v) is 2.25. The summed E-state index contributed by atoms with van der Waals surface area (Å²) in [6.45, 7) is 2.60. The molecule has 0 radical (unpaired) electrons. The molecule has 5 heteroatoms. The van der Waals surface area contributed by atoms with Crippen LogP contribution < -0.4 is 11.1 Å². The van der Waals surface area contributed by atoms with Gasteiger partial charge >= 0.3 is 0 Å². The summed E-state index contributed by atoms with van der Waals surface area (Å²) in [5.74, 6) is 0.389. The van der Waals surface area contributed by atoms with E-state index in [-0.39, 0.29) is 5.91 Å². The van der Waals surface area contributed by atoms with E-state index in [4.69, 9.17) is 5.73 Å². The van der Waals surface area contributed by atoms with Gasteiger partial charge < -0.3 is 16.0 Å². The van der Waals surface area contributed by atoms with Crippen LogP contribution in [0.3, 0.4) is 0 Å². The van der Waals surface area contributed by atoms with E-state index in [0.29, 0.717) is 18.1 Å². The lowest BCUT2D eigenvalue weighted by Gasteiger charge is -2.11. The van der Waals surface area contributed by atoms with Crippen LogP contribution in [0.2, 0.25) is 0 Å². The van der Waals surface area contributed by atoms with Gasteiger partial charge in [-0.05, 0) is 43.2 Å². The largest absolute Gasteiger partial charge is 0.370 e. The highest BCUT2D eigenvalue weighted by Crippen LogP contribution is 2.09. The van der Waals surface area contributed by atoms with Gasteiger partial charge in [0.1, 0.15) is 0 Å². The Morgan fingerprint density at radius 1 is 1.17 bits per heavy atom. The van der Waals surface area contributed by atoms with Crippen LogP contribution in [0.5, 0.6) is 0 Å². The molecule has 0 spiro atoms. The first-order valence-electron chi connectivity index (χ1n) is 7.90. The van der Waals surface area contributed by atoms with Gasteiger partial charge in [-0.3, -0.25) is 9.79 Å². The van der Waals surface area contributed by atoms with Crippen molar-refractivity contribution in [2.24, 2.45) is 10.7 Å². The number of amides is 1. The summed E-state index contributed by atoms with van der Waals surface area (Å²) in [5, 5.41) is 3.07. The molecular weight excluding hydrogens is 300 g/mol. The molecule has 0 unspecified atom stereocenters. The van der Waals surface area contributed by atoms with Crippen molar-refractivity contribution < 1.29 is 4.79 Å². The molecule has 24 heavy (non-hydrogen) atoms. The molecule has 0 saturated carbocycles. The van der Waals surface area contributed by atoms with E-state index in [1.165, 1.54) is 5.56 Å². The van der Waals surface area contributed by atoms with Gasteiger partial charge in [0.05, 0.1) is 0 Å². The maximum atomic E-state index is 12.0. The van der Waals surface area contributed by atoms with Crippen molar-refractivity contribution in [2.75, 3.05) is 26.0 Å².